The highest BCUT2D eigenvalue weighted by molar-refractivity contribution is 7.84. The van der Waals surface area contributed by atoms with Crippen LogP contribution >= 0.6 is 11.5 Å². The zero-order valence-electron chi connectivity index (χ0n) is 8.74. The Morgan fingerprint density at radius 1 is 1.67 bits per heavy atom. The van der Waals surface area contributed by atoms with Gasteiger partial charge in [0, 0.05) is 28.9 Å². The number of hydrogen-bond donors (Lipinski definition) is 1. The van der Waals surface area contributed by atoms with Gasteiger partial charge < -0.3 is 5.32 Å². The zero-order chi connectivity index (χ0) is 11.3. The summed E-state index contributed by atoms with van der Waals surface area (Å²) in [5.74, 6) is 1.28. The van der Waals surface area contributed by atoms with Gasteiger partial charge >= 0.3 is 0 Å². The van der Waals surface area contributed by atoms with Crippen molar-refractivity contribution in [2.45, 2.75) is 13.8 Å². The minimum Gasteiger partial charge on any atom is -0.374 e. The highest BCUT2D eigenvalue weighted by atomic mass is 32.2. The number of hydrogen-bond acceptors (Lipinski definition) is 5. The summed E-state index contributed by atoms with van der Waals surface area (Å²) in [6.45, 7) is 4.33. The lowest BCUT2D eigenvalue weighted by atomic mass is 10.3. The van der Waals surface area contributed by atoms with E-state index in [-0.39, 0.29) is 0 Å². The summed E-state index contributed by atoms with van der Waals surface area (Å²) in [6.07, 6.45) is 0. The van der Waals surface area contributed by atoms with Crippen molar-refractivity contribution >= 4 is 27.3 Å². The molecule has 0 spiro atoms. The van der Waals surface area contributed by atoms with Crippen molar-refractivity contribution in [1.82, 2.24) is 4.37 Å². The molecular formula is C9H13N3OS2. The highest BCUT2D eigenvalue weighted by Gasteiger charge is 2.09. The van der Waals surface area contributed by atoms with Gasteiger partial charge in [-0.15, -0.1) is 0 Å². The van der Waals surface area contributed by atoms with Gasteiger partial charge in [-0.2, -0.15) is 9.64 Å². The minimum absolute atomic E-state index is 0.599. The Labute approximate surface area is 95.9 Å². The molecule has 0 radical (unpaired) electrons. The molecule has 1 heterocycles. The highest BCUT2D eigenvalue weighted by Crippen LogP contribution is 2.22. The van der Waals surface area contributed by atoms with Crippen LogP contribution in [-0.2, 0) is 10.8 Å². The monoisotopic (exact) mass is 243 g/mol. The number of nitrogens with zero attached hydrogens (tertiary/aromatic N) is 2. The van der Waals surface area contributed by atoms with E-state index in [0.29, 0.717) is 23.6 Å². The topological polar surface area (TPSA) is 65.8 Å². The van der Waals surface area contributed by atoms with E-state index in [2.05, 4.69) is 15.8 Å². The maximum atomic E-state index is 11.2. The normalized spacial score (nSPS) is 12.1. The number of nitriles is 1. The Hall–Kier alpha value is -0.930. The lowest BCUT2D eigenvalue weighted by molar-refractivity contribution is 0.684. The van der Waals surface area contributed by atoms with Crippen molar-refractivity contribution in [2.75, 3.05) is 23.4 Å². The Bertz CT molecular complexity index is 395. The van der Waals surface area contributed by atoms with Crippen LogP contribution in [0.3, 0.4) is 0 Å². The van der Waals surface area contributed by atoms with E-state index < -0.39 is 10.8 Å². The van der Waals surface area contributed by atoms with Crippen molar-refractivity contribution in [3.63, 3.8) is 0 Å². The molecule has 1 N–H and O–H groups in total. The lowest BCUT2D eigenvalue weighted by Crippen LogP contribution is -2.11. The van der Waals surface area contributed by atoms with Gasteiger partial charge in [-0.05, 0) is 18.5 Å². The standard InChI is InChI=1S/C9H13N3OS2/c1-3-15(13)5-4-11-9-8(6-10)7(2)12-14-9/h11H,3-5H2,1-2H3. The van der Waals surface area contributed by atoms with E-state index in [9.17, 15) is 4.21 Å². The van der Waals surface area contributed by atoms with E-state index >= 15 is 0 Å². The minimum atomic E-state index is -0.764. The molecule has 6 heteroatoms. The Balaban J connectivity index is 2.52. The SMILES string of the molecule is CCS(=O)CCNc1snc(C)c1C#N. The van der Waals surface area contributed by atoms with Crippen LogP contribution in [0.1, 0.15) is 18.2 Å². The van der Waals surface area contributed by atoms with Gasteiger partial charge in [0.15, 0.2) is 0 Å². The summed E-state index contributed by atoms with van der Waals surface area (Å²) in [5.41, 5.74) is 1.35. The molecule has 0 saturated heterocycles. The third kappa shape index (κ3) is 3.29. The van der Waals surface area contributed by atoms with Gasteiger partial charge in [0.05, 0.1) is 5.69 Å². The summed E-state index contributed by atoms with van der Waals surface area (Å²) in [5, 5.41) is 12.7. The molecule has 0 saturated carbocycles. The summed E-state index contributed by atoms with van der Waals surface area (Å²) >= 11 is 1.28. The second kappa shape index (κ2) is 5.83. The van der Waals surface area contributed by atoms with Crippen LogP contribution < -0.4 is 5.32 Å². The molecule has 1 aromatic rings. The van der Waals surface area contributed by atoms with Gasteiger partial charge in [-0.3, -0.25) is 4.21 Å². The molecule has 1 unspecified atom stereocenters. The van der Waals surface area contributed by atoms with Gasteiger partial charge in [0.2, 0.25) is 0 Å². The molecule has 1 atom stereocenters. The summed E-state index contributed by atoms with van der Waals surface area (Å²) < 4.78 is 15.2. The first kappa shape index (κ1) is 12.1. The van der Waals surface area contributed by atoms with Gasteiger partial charge in [-0.1, -0.05) is 6.92 Å². The fourth-order valence-corrected chi connectivity index (χ4v) is 2.43. The van der Waals surface area contributed by atoms with E-state index in [1.54, 1.807) is 0 Å². The maximum absolute atomic E-state index is 11.2. The van der Waals surface area contributed by atoms with E-state index in [1.807, 2.05) is 13.8 Å². The Kier molecular flexibility index (Phi) is 4.72. The molecule has 0 aliphatic carbocycles. The van der Waals surface area contributed by atoms with Crippen molar-refractivity contribution in [3.05, 3.63) is 11.3 Å². The first-order chi connectivity index (χ1) is 7.19. The number of aryl methyl sites for hydroxylation is 1. The number of aromatic nitrogens is 1. The smallest absolute Gasteiger partial charge is 0.127 e. The zero-order valence-corrected chi connectivity index (χ0v) is 10.4. The predicted molar refractivity (Wildman–Crippen MR) is 63.6 cm³/mol. The molecule has 1 rings (SSSR count). The van der Waals surface area contributed by atoms with Crippen LogP contribution in [0.4, 0.5) is 5.00 Å². The molecule has 0 aliphatic heterocycles. The molecular weight excluding hydrogens is 230 g/mol. The summed E-state index contributed by atoms with van der Waals surface area (Å²) in [6, 6.07) is 2.11. The Morgan fingerprint density at radius 2 is 2.40 bits per heavy atom. The van der Waals surface area contributed by atoms with Gasteiger partial charge in [0.25, 0.3) is 0 Å². The number of rotatable bonds is 5. The molecule has 4 nitrogen and oxygen atoms in total. The largest absolute Gasteiger partial charge is 0.374 e. The van der Waals surface area contributed by atoms with E-state index in [4.69, 9.17) is 5.26 Å². The molecule has 82 valence electrons. The van der Waals surface area contributed by atoms with E-state index in [1.165, 1.54) is 11.5 Å². The average Bonchev–Trinajstić information content (AvgIpc) is 2.59. The molecule has 0 amide bonds. The maximum Gasteiger partial charge on any atom is 0.127 e. The lowest BCUT2D eigenvalue weighted by Gasteiger charge is -2.02. The molecule has 0 aromatic carbocycles. The summed E-state index contributed by atoms with van der Waals surface area (Å²) in [4.78, 5) is 0. The quantitative estimate of drug-likeness (QED) is 0.851. The van der Waals surface area contributed by atoms with Crippen LogP contribution in [-0.4, -0.2) is 26.6 Å². The third-order valence-electron chi connectivity index (χ3n) is 1.91. The van der Waals surface area contributed by atoms with Gasteiger partial charge in [0.1, 0.15) is 16.6 Å². The van der Waals surface area contributed by atoms with Crippen LogP contribution in [0.2, 0.25) is 0 Å². The van der Waals surface area contributed by atoms with Crippen molar-refractivity contribution in [2.24, 2.45) is 0 Å². The second-order valence-corrected chi connectivity index (χ2v) is 5.58. The Morgan fingerprint density at radius 3 is 3.00 bits per heavy atom. The molecule has 1 aromatic heterocycles. The van der Waals surface area contributed by atoms with E-state index in [0.717, 1.165) is 10.7 Å². The predicted octanol–water partition coefficient (Wildman–Crippen LogP) is 1.50. The number of anilines is 1. The molecule has 0 bridgehead atoms. The molecule has 0 aliphatic rings. The van der Waals surface area contributed by atoms with Crippen molar-refractivity contribution in [3.8, 4) is 6.07 Å². The molecule has 15 heavy (non-hydrogen) atoms. The fourth-order valence-electron chi connectivity index (χ4n) is 1.04. The summed E-state index contributed by atoms with van der Waals surface area (Å²) in [7, 11) is -0.764. The van der Waals surface area contributed by atoms with Crippen LogP contribution in [0.5, 0.6) is 0 Å². The fraction of sp³-hybridized carbons (Fsp3) is 0.556. The first-order valence-corrected chi connectivity index (χ1v) is 6.90. The second-order valence-electron chi connectivity index (χ2n) is 2.94. The van der Waals surface area contributed by atoms with Crippen LogP contribution in [0, 0.1) is 18.3 Å². The third-order valence-corrected chi connectivity index (χ3v) is 4.11. The van der Waals surface area contributed by atoms with Crippen molar-refractivity contribution in [1.29, 1.82) is 5.26 Å². The van der Waals surface area contributed by atoms with Crippen LogP contribution in [0.15, 0.2) is 0 Å². The van der Waals surface area contributed by atoms with Gasteiger partial charge in [-0.25, -0.2) is 0 Å². The average molecular weight is 243 g/mol. The molecule has 0 fully saturated rings. The number of nitrogens with one attached hydrogen (secondary N) is 1. The van der Waals surface area contributed by atoms with Crippen LogP contribution in [0.25, 0.3) is 0 Å². The first-order valence-electron chi connectivity index (χ1n) is 4.64. The van der Waals surface area contributed by atoms with Crippen molar-refractivity contribution < 1.29 is 4.21 Å².